The van der Waals surface area contributed by atoms with Crippen molar-refractivity contribution < 1.29 is 9.18 Å². The molecule has 1 rings (SSSR count). The predicted octanol–water partition coefficient (Wildman–Crippen LogP) is 1.89. The molecule has 0 heterocycles. The Morgan fingerprint density at radius 2 is 2.31 bits per heavy atom. The van der Waals surface area contributed by atoms with Crippen LogP contribution >= 0.6 is 11.8 Å². The van der Waals surface area contributed by atoms with Gasteiger partial charge in [-0.15, -0.1) is 0 Å². The molecule has 0 bridgehead atoms. The second kappa shape index (κ2) is 5.75. The molecule has 16 heavy (non-hydrogen) atoms. The molecule has 1 aromatic rings. The van der Waals surface area contributed by atoms with Crippen LogP contribution in [0.1, 0.15) is 17.3 Å². The molecule has 0 radical (unpaired) electrons. The largest absolute Gasteiger partial charge is 0.399 e. The van der Waals surface area contributed by atoms with Crippen LogP contribution in [-0.2, 0) is 0 Å². The lowest BCUT2D eigenvalue weighted by Crippen LogP contribution is -2.30. The van der Waals surface area contributed by atoms with E-state index in [4.69, 9.17) is 5.73 Å². The minimum Gasteiger partial charge on any atom is -0.399 e. The number of hydrogen-bond acceptors (Lipinski definition) is 3. The van der Waals surface area contributed by atoms with Crippen LogP contribution in [0.25, 0.3) is 0 Å². The van der Waals surface area contributed by atoms with Crippen LogP contribution in [0.3, 0.4) is 0 Å². The van der Waals surface area contributed by atoms with Crippen molar-refractivity contribution in [3.63, 3.8) is 0 Å². The predicted molar refractivity (Wildman–Crippen MR) is 66.1 cm³/mol. The number of anilines is 1. The highest BCUT2D eigenvalue weighted by atomic mass is 32.2. The lowest BCUT2D eigenvalue weighted by molar-refractivity contribution is 0.0950. The van der Waals surface area contributed by atoms with E-state index in [1.807, 2.05) is 13.2 Å². The Morgan fingerprint density at radius 3 is 2.88 bits per heavy atom. The van der Waals surface area contributed by atoms with Gasteiger partial charge >= 0.3 is 0 Å². The van der Waals surface area contributed by atoms with Gasteiger partial charge in [0.15, 0.2) is 0 Å². The first-order valence-electron chi connectivity index (χ1n) is 4.90. The van der Waals surface area contributed by atoms with Gasteiger partial charge in [-0.3, -0.25) is 4.79 Å². The third-order valence-electron chi connectivity index (χ3n) is 2.19. The van der Waals surface area contributed by atoms with Gasteiger partial charge in [-0.25, -0.2) is 4.39 Å². The summed E-state index contributed by atoms with van der Waals surface area (Å²) in [7, 11) is 0. The third-order valence-corrected chi connectivity index (χ3v) is 3.16. The summed E-state index contributed by atoms with van der Waals surface area (Å²) in [5.41, 5.74) is 5.74. The lowest BCUT2D eigenvalue weighted by Gasteiger charge is -2.10. The first-order chi connectivity index (χ1) is 7.54. The van der Waals surface area contributed by atoms with E-state index in [-0.39, 0.29) is 5.56 Å². The van der Waals surface area contributed by atoms with Gasteiger partial charge in [0.1, 0.15) is 5.82 Å². The molecule has 0 aromatic heterocycles. The summed E-state index contributed by atoms with van der Waals surface area (Å²) in [4.78, 5) is 11.6. The number of hydrogen-bond donors (Lipinski definition) is 2. The summed E-state index contributed by atoms with van der Waals surface area (Å²) < 4.78 is 13.4. The highest BCUT2D eigenvalue weighted by Gasteiger charge is 2.12. The first-order valence-corrected chi connectivity index (χ1v) is 6.19. The molecule has 5 heteroatoms. The SMILES string of the molecule is CSC(C)CNC(=O)c1ccc(N)cc1F. The van der Waals surface area contributed by atoms with E-state index in [0.29, 0.717) is 17.5 Å². The minimum absolute atomic E-state index is 0.0301. The number of thioether (sulfide) groups is 1. The van der Waals surface area contributed by atoms with Gasteiger partial charge in [0.2, 0.25) is 0 Å². The molecular formula is C11H15FN2OS. The van der Waals surface area contributed by atoms with E-state index < -0.39 is 11.7 Å². The average Bonchev–Trinajstić information content (AvgIpc) is 2.25. The average molecular weight is 242 g/mol. The Labute approximate surface area is 98.6 Å². The van der Waals surface area contributed by atoms with Crippen molar-refractivity contribution in [1.82, 2.24) is 5.32 Å². The summed E-state index contributed by atoms with van der Waals surface area (Å²) in [6.07, 6.45) is 1.96. The Kier molecular flexibility index (Phi) is 4.61. The molecule has 3 nitrogen and oxygen atoms in total. The van der Waals surface area contributed by atoms with Crippen molar-refractivity contribution in [2.45, 2.75) is 12.2 Å². The molecule has 0 fully saturated rings. The molecule has 0 aliphatic rings. The van der Waals surface area contributed by atoms with E-state index in [0.717, 1.165) is 6.07 Å². The number of amides is 1. The topological polar surface area (TPSA) is 55.1 Å². The van der Waals surface area contributed by atoms with Crippen molar-refractivity contribution >= 4 is 23.4 Å². The molecule has 1 amide bonds. The van der Waals surface area contributed by atoms with Crippen LogP contribution in [0.2, 0.25) is 0 Å². The maximum Gasteiger partial charge on any atom is 0.254 e. The molecule has 3 N–H and O–H groups in total. The summed E-state index contributed by atoms with van der Waals surface area (Å²) in [5, 5.41) is 2.98. The molecule has 1 aromatic carbocycles. The Morgan fingerprint density at radius 1 is 1.62 bits per heavy atom. The van der Waals surface area contributed by atoms with Gasteiger partial charge in [-0.1, -0.05) is 6.92 Å². The molecule has 1 unspecified atom stereocenters. The minimum atomic E-state index is -0.589. The summed E-state index contributed by atoms with van der Waals surface area (Å²) in [5.74, 6) is -0.993. The van der Waals surface area contributed by atoms with Gasteiger partial charge in [0, 0.05) is 17.5 Å². The molecule has 0 aliphatic carbocycles. The number of nitrogen functional groups attached to an aromatic ring is 1. The van der Waals surface area contributed by atoms with E-state index in [1.54, 1.807) is 11.8 Å². The first kappa shape index (κ1) is 12.8. The second-order valence-corrected chi connectivity index (χ2v) is 4.77. The molecule has 0 spiro atoms. The van der Waals surface area contributed by atoms with E-state index in [1.165, 1.54) is 12.1 Å². The number of rotatable bonds is 4. The van der Waals surface area contributed by atoms with Gasteiger partial charge in [0.05, 0.1) is 5.56 Å². The molecule has 0 aliphatic heterocycles. The Balaban J connectivity index is 2.66. The van der Waals surface area contributed by atoms with Crippen LogP contribution in [0.15, 0.2) is 18.2 Å². The molecule has 0 saturated carbocycles. The fourth-order valence-corrected chi connectivity index (χ4v) is 1.38. The normalized spacial score (nSPS) is 12.2. The zero-order valence-corrected chi connectivity index (χ0v) is 10.1. The maximum atomic E-state index is 13.4. The number of halogens is 1. The Bertz CT molecular complexity index is 384. The molecular weight excluding hydrogens is 227 g/mol. The Hall–Kier alpha value is -1.23. The lowest BCUT2D eigenvalue weighted by atomic mass is 10.2. The third kappa shape index (κ3) is 3.41. The highest BCUT2D eigenvalue weighted by molar-refractivity contribution is 7.99. The standard InChI is InChI=1S/C11H15FN2OS/c1-7(16-2)6-14-11(15)9-4-3-8(13)5-10(9)12/h3-5,7H,6,13H2,1-2H3,(H,14,15). The zero-order valence-electron chi connectivity index (χ0n) is 9.29. The van der Waals surface area contributed by atoms with Crippen molar-refractivity contribution in [1.29, 1.82) is 0 Å². The highest BCUT2D eigenvalue weighted by Crippen LogP contribution is 2.12. The fraction of sp³-hybridized carbons (Fsp3) is 0.364. The fourth-order valence-electron chi connectivity index (χ4n) is 1.13. The molecule has 1 atom stereocenters. The van der Waals surface area contributed by atoms with E-state index in [9.17, 15) is 9.18 Å². The summed E-state index contributed by atoms with van der Waals surface area (Å²) >= 11 is 1.64. The molecule has 0 saturated heterocycles. The van der Waals surface area contributed by atoms with Crippen LogP contribution in [-0.4, -0.2) is 24.0 Å². The number of nitrogens with one attached hydrogen (secondary N) is 1. The summed E-state index contributed by atoms with van der Waals surface area (Å²) in [6.45, 7) is 2.51. The smallest absolute Gasteiger partial charge is 0.254 e. The van der Waals surface area contributed by atoms with Gasteiger partial charge in [-0.2, -0.15) is 11.8 Å². The number of carbonyl (C=O) groups is 1. The monoisotopic (exact) mass is 242 g/mol. The van der Waals surface area contributed by atoms with Crippen molar-refractivity contribution in [3.8, 4) is 0 Å². The van der Waals surface area contributed by atoms with E-state index in [2.05, 4.69) is 5.32 Å². The second-order valence-electron chi connectivity index (χ2n) is 3.50. The zero-order chi connectivity index (χ0) is 12.1. The van der Waals surface area contributed by atoms with Crippen LogP contribution in [0, 0.1) is 5.82 Å². The summed E-state index contributed by atoms with van der Waals surface area (Å²) in [6, 6.07) is 4.05. The van der Waals surface area contributed by atoms with Crippen LogP contribution in [0.5, 0.6) is 0 Å². The quantitative estimate of drug-likeness (QED) is 0.793. The van der Waals surface area contributed by atoms with Gasteiger partial charge < -0.3 is 11.1 Å². The van der Waals surface area contributed by atoms with Crippen molar-refractivity contribution in [2.24, 2.45) is 0 Å². The van der Waals surface area contributed by atoms with E-state index >= 15 is 0 Å². The van der Waals surface area contributed by atoms with Gasteiger partial charge in [-0.05, 0) is 24.5 Å². The molecule has 88 valence electrons. The maximum absolute atomic E-state index is 13.4. The van der Waals surface area contributed by atoms with Crippen LogP contribution < -0.4 is 11.1 Å². The van der Waals surface area contributed by atoms with Crippen molar-refractivity contribution in [3.05, 3.63) is 29.6 Å². The van der Waals surface area contributed by atoms with Gasteiger partial charge in [0.25, 0.3) is 5.91 Å². The number of carbonyl (C=O) groups excluding carboxylic acids is 1. The van der Waals surface area contributed by atoms with Crippen molar-refractivity contribution in [2.75, 3.05) is 18.5 Å². The van der Waals surface area contributed by atoms with Crippen LogP contribution in [0.4, 0.5) is 10.1 Å². The number of nitrogens with two attached hydrogens (primary N) is 1. The number of benzene rings is 1.